The van der Waals surface area contributed by atoms with Crippen molar-refractivity contribution < 1.29 is 0 Å². The van der Waals surface area contributed by atoms with Gasteiger partial charge < -0.3 is 5.73 Å². The SMILES string of the molecule is Cc1ccc(-c2c3nc(c(-c4ccc(C)cc4)c4ccc(s4)c(-c4ccc(N)cc4)c4nc(c(-c5ccc(C)cc5)c5ccc2s5)C=C4)C=C3)cc1. The van der Waals surface area contributed by atoms with Gasteiger partial charge in [0.15, 0.2) is 0 Å². The van der Waals surface area contributed by atoms with Crippen LogP contribution in [0, 0.1) is 20.8 Å². The Morgan fingerprint density at radius 3 is 0.865 bits per heavy atom. The monoisotopic (exact) mass is 705 g/mol. The quantitative estimate of drug-likeness (QED) is 0.185. The van der Waals surface area contributed by atoms with Crippen LogP contribution >= 0.6 is 22.7 Å². The van der Waals surface area contributed by atoms with Crippen molar-refractivity contribution in [1.29, 1.82) is 0 Å². The molecule has 0 amide bonds. The summed E-state index contributed by atoms with van der Waals surface area (Å²) in [5, 5.41) is 0. The Morgan fingerprint density at radius 1 is 0.346 bits per heavy atom. The van der Waals surface area contributed by atoms with Crippen LogP contribution in [0.15, 0.2) is 121 Å². The summed E-state index contributed by atoms with van der Waals surface area (Å²) in [6.45, 7) is 6.39. The average Bonchev–Trinajstić information content (AvgIpc) is 3.99. The summed E-state index contributed by atoms with van der Waals surface area (Å²) in [5.74, 6) is 0. The summed E-state index contributed by atoms with van der Waals surface area (Å²) < 4.78 is 4.61. The minimum absolute atomic E-state index is 0.735. The molecule has 4 aromatic carbocycles. The molecule has 3 nitrogen and oxygen atoms in total. The number of benzene rings is 4. The Hall–Kier alpha value is -5.88. The van der Waals surface area contributed by atoms with Crippen molar-refractivity contribution in [1.82, 2.24) is 9.97 Å². The summed E-state index contributed by atoms with van der Waals surface area (Å²) in [5.41, 5.74) is 23.3. The van der Waals surface area contributed by atoms with Gasteiger partial charge in [0.25, 0.3) is 0 Å². The molecule has 9 rings (SSSR count). The predicted molar refractivity (Wildman–Crippen MR) is 226 cm³/mol. The van der Waals surface area contributed by atoms with Crippen LogP contribution in [0.25, 0.3) is 87.6 Å². The fourth-order valence-corrected chi connectivity index (χ4v) is 9.29. The summed E-state index contributed by atoms with van der Waals surface area (Å²) in [4.78, 5) is 10.9. The molecular weight excluding hydrogens is 671 g/mol. The first-order chi connectivity index (χ1) is 25.4. The molecular formula is C47H35N3S2. The molecule has 0 aliphatic carbocycles. The lowest BCUT2D eigenvalue weighted by molar-refractivity contribution is 1.33. The molecule has 0 spiro atoms. The first kappa shape index (κ1) is 32.1. The number of aryl methyl sites for hydroxylation is 3. The molecule has 2 aliphatic heterocycles. The average molecular weight is 706 g/mol. The summed E-state index contributed by atoms with van der Waals surface area (Å²) in [6.07, 6.45) is 8.71. The fraction of sp³-hybridized carbons (Fsp3) is 0.0638. The molecule has 2 aliphatic rings. The maximum absolute atomic E-state index is 6.18. The predicted octanol–water partition coefficient (Wildman–Crippen LogP) is 13.3. The van der Waals surface area contributed by atoms with Gasteiger partial charge in [0.1, 0.15) is 0 Å². The fourth-order valence-electron chi connectivity index (χ4n) is 6.97. The van der Waals surface area contributed by atoms with Crippen molar-refractivity contribution in [3.05, 3.63) is 161 Å². The van der Waals surface area contributed by atoms with Gasteiger partial charge in [-0.05, 0) is 104 Å². The lowest BCUT2D eigenvalue weighted by atomic mass is 10.0. The van der Waals surface area contributed by atoms with Crippen LogP contribution < -0.4 is 5.73 Å². The van der Waals surface area contributed by atoms with Crippen molar-refractivity contribution in [2.75, 3.05) is 5.73 Å². The molecule has 0 atom stereocenters. The number of hydrogen-bond acceptors (Lipinski definition) is 5. The molecule has 52 heavy (non-hydrogen) atoms. The zero-order valence-corrected chi connectivity index (χ0v) is 30.8. The normalized spacial score (nSPS) is 12.1. The summed E-state index contributed by atoms with van der Waals surface area (Å²) in [7, 11) is 0. The lowest BCUT2D eigenvalue weighted by Crippen LogP contribution is -1.88. The van der Waals surface area contributed by atoms with E-state index >= 15 is 0 Å². The highest BCUT2D eigenvalue weighted by atomic mass is 32.1. The topological polar surface area (TPSA) is 51.8 Å². The zero-order chi connectivity index (χ0) is 35.3. The van der Waals surface area contributed by atoms with Gasteiger partial charge in [0, 0.05) is 46.7 Å². The third-order valence-corrected chi connectivity index (χ3v) is 12.0. The van der Waals surface area contributed by atoms with E-state index in [0.717, 1.165) is 91.8 Å². The standard InChI is InChI=1S/C47H35N3S2/c1-28-4-10-31(11-5-28)44-36-20-21-37(49-36)45(32-12-6-29(2)7-13-32)42-26-27-43(52-42)47(34-16-18-35(48)19-17-34)39-23-22-38(50-39)46(41-25-24-40(44)51-41)33-14-8-30(3)9-15-33/h4-27H,48H2,1-3H3. The van der Waals surface area contributed by atoms with E-state index in [1.54, 1.807) is 22.7 Å². The van der Waals surface area contributed by atoms with Crippen molar-refractivity contribution in [2.45, 2.75) is 20.8 Å². The molecule has 0 radical (unpaired) electrons. The number of fused-ring (bicyclic) bond motifs is 8. The van der Waals surface area contributed by atoms with E-state index in [1.165, 1.54) is 16.7 Å². The number of nitrogen functional groups attached to an aromatic ring is 1. The molecule has 0 fully saturated rings. The Labute approximate surface area is 311 Å². The minimum atomic E-state index is 0.735. The second-order valence-corrected chi connectivity index (χ2v) is 15.6. The van der Waals surface area contributed by atoms with Gasteiger partial charge in [0.05, 0.1) is 22.8 Å². The molecule has 3 aromatic heterocycles. The second-order valence-electron chi connectivity index (χ2n) is 13.5. The molecule has 0 unspecified atom stereocenters. The van der Waals surface area contributed by atoms with Crippen LogP contribution in [0.2, 0.25) is 0 Å². The van der Waals surface area contributed by atoms with Crippen molar-refractivity contribution >= 4 is 71.5 Å². The molecule has 8 bridgehead atoms. The third kappa shape index (κ3) is 5.88. The van der Waals surface area contributed by atoms with Crippen molar-refractivity contribution in [2.24, 2.45) is 0 Å². The number of rotatable bonds is 4. The van der Waals surface area contributed by atoms with Crippen LogP contribution in [-0.2, 0) is 0 Å². The lowest BCUT2D eigenvalue weighted by Gasteiger charge is -2.07. The van der Waals surface area contributed by atoms with E-state index in [2.05, 4.69) is 154 Å². The third-order valence-electron chi connectivity index (χ3n) is 9.72. The Morgan fingerprint density at radius 2 is 0.596 bits per heavy atom. The molecule has 2 N–H and O–H groups in total. The number of hydrogen-bond donors (Lipinski definition) is 1. The Bertz CT molecular complexity index is 2360. The Balaban J connectivity index is 1.47. The highest BCUT2D eigenvalue weighted by molar-refractivity contribution is 7.24. The van der Waals surface area contributed by atoms with Crippen LogP contribution in [0.3, 0.4) is 0 Å². The van der Waals surface area contributed by atoms with Crippen molar-refractivity contribution in [3.8, 4) is 44.5 Å². The second kappa shape index (κ2) is 13.0. The maximum atomic E-state index is 6.18. The number of aromatic nitrogens is 2. The highest BCUT2D eigenvalue weighted by Crippen LogP contribution is 2.43. The number of thiophene rings is 2. The molecule has 5 heteroatoms. The van der Waals surface area contributed by atoms with Crippen LogP contribution in [0.4, 0.5) is 5.69 Å². The smallest absolute Gasteiger partial charge is 0.0730 e. The van der Waals surface area contributed by atoms with E-state index in [9.17, 15) is 0 Å². The van der Waals surface area contributed by atoms with Gasteiger partial charge in [-0.1, -0.05) is 102 Å². The van der Waals surface area contributed by atoms with Gasteiger partial charge in [-0.3, -0.25) is 0 Å². The Kier molecular flexibility index (Phi) is 8.03. The van der Waals surface area contributed by atoms with E-state index in [4.69, 9.17) is 15.7 Å². The van der Waals surface area contributed by atoms with Crippen LogP contribution in [-0.4, -0.2) is 9.97 Å². The molecule has 0 saturated carbocycles. The van der Waals surface area contributed by atoms with Crippen LogP contribution in [0.5, 0.6) is 0 Å². The molecule has 250 valence electrons. The van der Waals surface area contributed by atoms with Crippen LogP contribution in [0.1, 0.15) is 39.5 Å². The van der Waals surface area contributed by atoms with Gasteiger partial charge in [0.2, 0.25) is 0 Å². The van der Waals surface area contributed by atoms with E-state index < -0.39 is 0 Å². The molecule has 5 heterocycles. The first-order valence-electron chi connectivity index (χ1n) is 17.4. The molecule has 0 saturated heterocycles. The van der Waals surface area contributed by atoms with Gasteiger partial charge in [-0.2, -0.15) is 0 Å². The zero-order valence-electron chi connectivity index (χ0n) is 29.1. The van der Waals surface area contributed by atoms with Gasteiger partial charge >= 0.3 is 0 Å². The summed E-state index contributed by atoms with van der Waals surface area (Å²) >= 11 is 3.57. The number of nitrogens with zero attached hydrogens (tertiary/aromatic N) is 2. The maximum Gasteiger partial charge on any atom is 0.0730 e. The van der Waals surface area contributed by atoms with E-state index in [1.807, 2.05) is 12.1 Å². The van der Waals surface area contributed by atoms with Gasteiger partial charge in [-0.15, -0.1) is 22.7 Å². The number of anilines is 1. The van der Waals surface area contributed by atoms with Crippen molar-refractivity contribution in [3.63, 3.8) is 0 Å². The van der Waals surface area contributed by atoms with E-state index in [0.29, 0.717) is 0 Å². The number of nitrogens with two attached hydrogens (primary N) is 1. The first-order valence-corrected chi connectivity index (χ1v) is 19.1. The summed E-state index contributed by atoms with van der Waals surface area (Å²) in [6, 6.07) is 43.5. The van der Waals surface area contributed by atoms with Gasteiger partial charge in [-0.25, -0.2) is 9.97 Å². The molecule has 7 aromatic rings. The largest absolute Gasteiger partial charge is 0.399 e. The van der Waals surface area contributed by atoms with E-state index in [-0.39, 0.29) is 0 Å². The minimum Gasteiger partial charge on any atom is -0.399 e. The highest BCUT2D eigenvalue weighted by Gasteiger charge is 2.19.